The topological polar surface area (TPSA) is 58.6 Å². The van der Waals surface area contributed by atoms with Crippen LogP contribution in [0.25, 0.3) is 0 Å². The van der Waals surface area contributed by atoms with Crippen molar-refractivity contribution in [1.29, 1.82) is 0 Å². The summed E-state index contributed by atoms with van der Waals surface area (Å²) in [7, 11) is 1.47. The lowest BCUT2D eigenvalue weighted by Crippen LogP contribution is -2.42. The van der Waals surface area contributed by atoms with Crippen molar-refractivity contribution in [2.24, 2.45) is 0 Å². The van der Waals surface area contributed by atoms with E-state index in [-0.39, 0.29) is 12.5 Å². The minimum atomic E-state index is -1.03. The summed E-state index contributed by atoms with van der Waals surface area (Å²) in [5, 5.41) is 14.7. The Bertz CT molecular complexity index is 335. The van der Waals surface area contributed by atoms with Crippen molar-refractivity contribution in [1.82, 2.24) is 5.32 Å². The normalized spacial score (nSPS) is 16.5. The molecule has 1 aromatic rings. The molecule has 16 heavy (non-hydrogen) atoms. The van der Waals surface area contributed by atoms with Gasteiger partial charge in [-0.3, -0.25) is 4.79 Å². The van der Waals surface area contributed by atoms with Gasteiger partial charge in [-0.2, -0.15) is 0 Å². The minimum Gasteiger partial charge on any atom is -0.383 e. The number of methoxy groups -OCH3 is 1. The molecule has 0 aliphatic carbocycles. The summed E-state index contributed by atoms with van der Waals surface area (Å²) in [6.45, 7) is 3.52. The van der Waals surface area contributed by atoms with Gasteiger partial charge in [-0.25, -0.2) is 0 Å². The Morgan fingerprint density at radius 1 is 1.75 bits per heavy atom. The second-order valence-corrected chi connectivity index (χ2v) is 4.79. The molecule has 2 unspecified atom stereocenters. The van der Waals surface area contributed by atoms with E-state index in [9.17, 15) is 9.90 Å². The number of ether oxygens (including phenoxy) is 1. The lowest BCUT2D eigenvalue weighted by Gasteiger charge is -2.23. The number of thiophene rings is 1. The predicted molar refractivity (Wildman–Crippen MR) is 63.4 cm³/mol. The second kappa shape index (κ2) is 5.43. The van der Waals surface area contributed by atoms with Gasteiger partial charge in [-0.15, -0.1) is 11.3 Å². The number of hydrogen-bond acceptors (Lipinski definition) is 4. The van der Waals surface area contributed by atoms with Crippen LogP contribution >= 0.6 is 11.3 Å². The molecule has 0 aromatic carbocycles. The summed E-state index contributed by atoms with van der Waals surface area (Å²) in [4.78, 5) is 12.3. The monoisotopic (exact) mass is 243 g/mol. The average Bonchev–Trinajstić information content (AvgIpc) is 2.78. The summed E-state index contributed by atoms with van der Waals surface area (Å²) in [5.74, 6) is -0.223. The molecule has 0 radical (unpaired) electrons. The van der Waals surface area contributed by atoms with Gasteiger partial charge in [-0.05, 0) is 25.3 Å². The van der Waals surface area contributed by atoms with Crippen LogP contribution in [0.15, 0.2) is 17.5 Å². The maximum atomic E-state index is 11.4. The first-order valence-corrected chi connectivity index (χ1v) is 5.92. The van der Waals surface area contributed by atoms with Crippen LogP contribution in [-0.4, -0.2) is 30.8 Å². The first kappa shape index (κ1) is 13.2. The van der Waals surface area contributed by atoms with Crippen LogP contribution in [0.4, 0.5) is 0 Å². The van der Waals surface area contributed by atoms with Gasteiger partial charge in [0.1, 0.15) is 11.7 Å². The van der Waals surface area contributed by atoms with Gasteiger partial charge in [0.25, 0.3) is 0 Å². The SMILES string of the molecule is COC(C)C(=O)NCC(C)(O)c1cccs1. The highest BCUT2D eigenvalue weighted by Gasteiger charge is 2.25. The van der Waals surface area contributed by atoms with E-state index in [1.165, 1.54) is 18.4 Å². The van der Waals surface area contributed by atoms with Gasteiger partial charge in [0.05, 0.1) is 6.54 Å². The Kier molecular flexibility index (Phi) is 4.46. The third-order valence-corrected chi connectivity index (χ3v) is 3.50. The smallest absolute Gasteiger partial charge is 0.248 e. The van der Waals surface area contributed by atoms with Crippen molar-refractivity contribution in [2.45, 2.75) is 25.6 Å². The van der Waals surface area contributed by atoms with Gasteiger partial charge in [0.2, 0.25) is 5.91 Å². The quantitative estimate of drug-likeness (QED) is 0.814. The Labute approximate surface area is 99.2 Å². The van der Waals surface area contributed by atoms with E-state index in [0.29, 0.717) is 0 Å². The molecule has 0 saturated carbocycles. The van der Waals surface area contributed by atoms with Crippen molar-refractivity contribution >= 4 is 17.2 Å². The van der Waals surface area contributed by atoms with E-state index in [2.05, 4.69) is 5.32 Å². The zero-order valence-corrected chi connectivity index (χ0v) is 10.5. The number of nitrogens with one attached hydrogen (secondary N) is 1. The summed E-state index contributed by atoms with van der Waals surface area (Å²) in [6, 6.07) is 3.71. The third kappa shape index (κ3) is 3.30. The molecule has 0 saturated heterocycles. The Balaban J connectivity index is 2.52. The Hall–Kier alpha value is -0.910. The van der Waals surface area contributed by atoms with Gasteiger partial charge in [0, 0.05) is 12.0 Å². The molecule has 5 heteroatoms. The number of aliphatic hydroxyl groups is 1. The summed E-state index contributed by atoms with van der Waals surface area (Å²) in [6.07, 6.45) is -0.501. The molecule has 2 N–H and O–H groups in total. The first-order valence-electron chi connectivity index (χ1n) is 5.04. The third-order valence-electron chi connectivity index (χ3n) is 2.38. The highest BCUT2D eigenvalue weighted by atomic mass is 32.1. The second-order valence-electron chi connectivity index (χ2n) is 3.85. The van der Waals surface area contributed by atoms with Crippen molar-refractivity contribution in [3.63, 3.8) is 0 Å². The summed E-state index contributed by atoms with van der Waals surface area (Å²) >= 11 is 1.46. The van der Waals surface area contributed by atoms with Crippen LogP contribution in [0.1, 0.15) is 18.7 Å². The van der Waals surface area contributed by atoms with Crippen LogP contribution < -0.4 is 5.32 Å². The molecule has 2 atom stereocenters. The average molecular weight is 243 g/mol. The maximum Gasteiger partial charge on any atom is 0.248 e. The highest BCUT2D eigenvalue weighted by Crippen LogP contribution is 2.24. The van der Waals surface area contributed by atoms with E-state index in [4.69, 9.17) is 4.74 Å². The van der Waals surface area contributed by atoms with Crippen molar-refractivity contribution in [2.75, 3.05) is 13.7 Å². The van der Waals surface area contributed by atoms with E-state index in [1.54, 1.807) is 13.8 Å². The minimum absolute atomic E-state index is 0.181. The molecule has 1 rings (SSSR count). The molecule has 0 spiro atoms. The van der Waals surface area contributed by atoms with Gasteiger partial charge >= 0.3 is 0 Å². The van der Waals surface area contributed by atoms with Crippen LogP contribution in [0, 0.1) is 0 Å². The lowest BCUT2D eigenvalue weighted by molar-refractivity contribution is -0.131. The van der Waals surface area contributed by atoms with Gasteiger partial charge in [-0.1, -0.05) is 6.07 Å². The van der Waals surface area contributed by atoms with Crippen LogP contribution in [-0.2, 0) is 15.1 Å². The van der Waals surface area contributed by atoms with Gasteiger partial charge < -0.3 is 15.2 Å². The largest absolute Gasteiger partial charge is 0.383 e. The maximum absolute atomic E-state index is 11.4. The van der Waals surface area contributed by atoms with Crippen LogP contribution in [0.5, 0.6) is 0 Å². The van der Waals surface area contributed by atoms with Gasteiger partial charge in [0.15, 0.2) is 0 Å². The fourth-order valence-corrected chi connectivity index (χ4v) is 1.97. The van der Waals surface area contributed by atoms with E-state index in [1.807, 2.05) is 17.5 Å². The summed E-state index contributed by atoms with van der Waals surface area (Å²) in [5.41, 5.74) is -1.03. The van der Waals surface area contributed by atoms with Crippen LogP contribution in [0.2, 0.25) is 0 Å². The molecular formula is C11H17NO3S. The fraction of sp³-hybridized carbons (Fsp3) is 0.545. The number of amides is 1. The molecule has 0 aliphatic rings. The molecule has 1 amide bonds. The molecule has 0 aliphatic heterocycles. The molecular weight excluding hydrogens is 226 g/mol. The molecule has 4 nitrogen and oxygen atoms in total. The zero-order chi connectivity index (χ0) is 12.2. The Morgan fingerprint density at radius 2 is 2.44 bits per heavy atom. The fourth-order valence-electron chi connectivity index (χ4n) is 1.18. The molecule has 1 heterocycles. The standard InChI is InChI=1S/C11H17NO3S/c1-8(15-3)10(13)12-7-11(2,14)9-5-4-6-16-9/h4-6,8,14H,7H2,1-3H3,(H,12,13). The zero-order valence-electron chi connectivity index (χ0n) is 9.69. The Morgan fingerprint density at radius 3 is 2.94 bits per heavy atom. The van der Waals surface area contributed by atoms with Crippen molar-refractivity contribution < 1.29 is 14.6 Å². The molecule has 0 fully saturated rings. The van der Waals surface area contributed by atoms with E-state index >= 15 is 0 Å². The number of carbonyl (C=O) groups is 1. The number of carbonyl (C=O) groups excluding carboxylic acids is 1. The van der Waals surface area contributed by atoms with Crippen molar-refractivity contribution in [3.8, 4) is 0 Å². The first-order chi connectivity index (χ1) is 7.47. The predicted octanol–water partition coefficient (Wildman–Crippen LogP) is 1.11. The highest BCUT2D eigenvalue weighted by molar-refractivity contribution is 7.10. The van der Waals surface area contributed by atoms with Crippen molar-refractivity contribution in [3.05, 3.63) is 22.4 Å². The molecule has 0 bridgehead atoms. The molecule has 90 valence electrons. The van der Waals surface area contributed by atoms with E-state index < -0.39 is 11.7 Å². The van der Waals surface area contributed by atoms with Crippen LogP contribution in [0.3, 0.4) is 0 Å². The number of hydrogen-bond donors (Lipinski definition) is 2. The molecule has 1 aromatic heterocycles. The summed E-state index contributed by atoms with van der Waals surface area (Å²) < 4.78 is 4.88. The lowest BCUT2D eigenvalue weighted by atomic mass is 10.1. The number of rotatable bonds is 5. The van der Waals surface area contributed by atoms with E-state index in [0.717, 1.165) is 4.88 Å².